The van der Waals surface area contributed by atoms with Gasteiger partial charge in [0.25, 0.3) is 0 Å². The van der Waals surface area contributed by atoms with E-state index in [1.165, 1.54) is 18.4 Å². The minimum absolute atomic E-state index is 0.246. The van der Waals surface area contributed by atoms with E-state index in [1.54, 1.807) is 11.9 Å². The van der Waals surface area contributed by atoms with Crippen LogP contribution in [0.2, 0.25) is 0 Å². The van der Waals surface area contributed by atoms with Gasteiger partial charge in [-0.25, -0.2) is 0 Å². The van der Waals surface area contributed by atoms with Crippen molar-refractivity contribution in [2.75, 3.05) is 20.1 Å². The molecule has 2 N–H and O–H groups in total. The fourth-order valence-electron chi connectivity index (χ4n) is 2.23. The first-order valence-electron chi connectivity index (χ1n) is 6.85. The van der Waals surface area contributed by atoms with E-state index in [9.17, 15) is 0 Å². The molecule has 19 heavy (non-hydrogen) atoms. The van der Waals surface area contributed by atoms with Crippen molar-refractivity contribution in [1.82, 2.24) is 15.5 Å². The molecule has 1 atom stereocenters. The fourth-order valence-corrected chi connectivity index (χ4v) is 3.07. The van der Waals surface area contributed by atoms with E-state index >= 15 is 0 Å². The zero-order valence-electron chi connectivity index (χ0n) is 11.2. The van der Waals surface area contributed by atoms with Crippen molar-refractivity contribution in [3.8, 4) is 0 Å². The van der Waals surface area contributed by atoms with E-state index in [4.69, 9.17) is 0 Å². The van der Waals surface area contributed by atoms with Crippen LogP contribution in [-0.4, -0.2) is 42.4 Å². The summed E-state index contributed by atoms with van der Waals surface area (Å²) in [5.41, 5.74) is 1.44. The molecule has 0 amide bonds. The summed E-state index contributed by atoms with van der Waals surface area (Å²) >= 11 is 1.60. The van der Waals surface area contributed by atoms with Crippen molar-refractivity contribution in [3.63, 3.8) is 0 Å². The van der Waals surface area contributed by atoms with Crippen molar-refractivity contribution in [1.29, 1.82) is 0 Å². The molecule has 1 aromatic carbocycles. The van der Waals surface area contributed by atoms with E-state index in [-0.39, 0.29) is 5.50 Å². The average molecular weight is 276 g/mol. The van der Waals surface area contributed by atoms with Crippen LogP contribution in [0.1, 0.15) is 18.4 Å². The van der Waals surface area contributed by atoms with E-state index in [1.807, 2.05) is 13.1 Å². The number of hydrogen-bond donors (Lipinski definition) is 2. The summed E-state index contributed by atoms with van der Waals surface area (Å²) in [7, 11) is 1.99. The smallest absolute Gasteiger partial charge is 0.150 e. The Hall–Kier alpha value is -1.04. The first-order valence-corrected chi connectivity index (χ1v) is 7.68. The van der Waals surface area contributed by atoms with Crippen LogP contribution in [0, 0.1) is 0 Å². The van der Waals surface area contributed by atoms with Gasteiger partial charge in [-0.05, 0) is 19.9 Å². The molecule has 1 saturated carbocycles. The topological polar surface area (TPSA) is 39.7 Å². The first kappa shape index (κ1) is 13.0. The molecule has 1 aliphatic carbocycles. The number of nitrogens with zero attached hydrogens (tertiary/aromatic N) is 2. The molecule has 5 heteroatoms. The number of benzene rings is 1. The van der Waals surface area contributed by atoms with Crippen LogP contribution in [-0.2, 0) is 0 Å². The Labute approximate surface area is 118 Å². The van der Waals surface area contributed by atoms with Gasteiger partial charge in [-0.3, -0.25) is 5.32 Å². The van der Waals surface area contributed by atoms with Crippen LogP contribution in [0.3, 0.4) is 0 Å². The second kappa shape index (κ2) is 5.94. The van der Waals surface area contributed by atoms with Crippen molar-refractivity contribution in [2.45, 2.75) is 24.4 Å². The van der Waals surface area contributed by atoms with Gasteiger partial charge in [-0.1, -0.05) is 30.3 Å². The van der Waals surface area contributed by atoms with Crippen LogP contribution in [0.15, 0.2) is 34.7 Å². The molecule has 1 unspecified atom stereocenters. The van der Waals surface area contributed by atoms with E-state index in [0.717, 1.165) is 25.0 Å². The molecule has 2 aliphatic rings. The summed E-state index contributed by atoms with van der Waals surface area (Å²) in [6, 6.07) is 11.2. The van der Waals surface area contributed by atoms with Crippen LogP contribution < -0.4 is 10.6 Å². The molecule has 1 aliphatic heterocycles. The largest absolute Gasteiger partial charge is 0.328 e. The summed E-state index contributed by atoms with van der Waals surface area (Å²) < 4.78 is 4.62. The Morgan fingerprint density at radius 3 is 2.79 bits per heavy atom. The molecule has 0 saturated heterocycles. The number of rotatable bonds is 6. The normalized spacial score (nSPS) is 22.7. The molecule has 102 valence electrons. The summed E-state index contributed by atoms with van der Waals surface area (Å²) in [6.07, 6.45) is 2.67. The second-order valence-electron chi connectivity index (χ2n) is 4.95. The highest BCUT2D eigenvalue weighted by molar-refractivity contribution is 7.99. The van der Waals surface area contributed by atoms with Crippen LogP contribution in [0.5, 0.6) is 0 Å². The minimum Gasteiger partial charge on any atom is -0.328 e. The molecule has 1 aromatic rings. The Bertz CT molecular complexity index is 444. The lowest BCUT2D eigenvalue weighted by Gasteiger charge is -2.26. The van der Waals surface area contributed by atoms with E-state index < -0.39 is 0 Å². The number of nitrogens with one attached hydrogen (secondary N) is 2. The lowest BCUT2D eigenvalue weighted by atomic mass is 10.2. The maximum Gasteiger partial charge on any atom is 0.150 e. The molecular formula is C14H20N4S. The third-order valence-corrected chi connectivity index (χ3v) is 4.40. The average Bonchev–Trinajstić information content (AvgIpc) is 3.18. The van der Waals surface area contributed by atoms with Gasteiger partial charge in [-0.2, -0.15) is 4.40 Å². The summed E-state index contributed by atoms with van der Waals surface area (Å²) in [4.78, 5) is 2.34. The fraction of sp³-hybridized carbons (Fsp3) is 0.500. The summed E-state index contributed by atoms with van der Waals surface area (Å²) in [5.74, 6) is 1.09. The Kier molecular flexibility index (Phi) is 4.06. The number of amidine groups is 1. The molecule has 3 rings (SSSR count). The molecule has 0 radical (unpaired) electrons. The summed E-state index contributed by atoms with van der Waals surface area (Å²) in [5, 5.41) is 6.88. The van der Waals surface area contributed by atoms with Crippen molar-refractivity contribution >= 4 is 17.8 Å². The highest BCUT2D eigenvalue weighted by atomic mass is 32.2. The predicted octanol–water partition coefficient (Wildman–Crippen LogP) is 1.65. The SMILES string of the molecule is CNC1SN=C(c2ccccc2)N1CCNC1CC1. The van der Waals surface area contributed by atoms with Crippen LogP contribution in [0.25, 0.3) is 0 Å². The van der Waals surface area contributed by atoms with Gasteiger partial charge in [0.1, 0.15) is 5.84 Å². The molecular weight excluding hydrogens is 256 g/mol. The Balaban J connectivity index is 1.66. The van der Waals surface area contributed by atoms with Crippen molar-refractivity contribution < 1.29 is 0 Å². The maximum absolute atomic E-state index is 4.62. The molecule has 0 spiro atoms. The van der Waals surface area contributed by atoms with Gasteiger partial charge < -0.3 is 10.2 Å². The number of hydrogen-bond acceptors (Lipinski definition) is 5. The van der Waals surface area contributed by atoms with E-state index in [0.29, 0.717) is 0 Å². The van der Waals surface area contributed by atoms with Crippen molar-refractivity contribution in [2.24, 2.45) is 4.40 Å². The highest BCUT2D eigenvalue weighted by Crippen LogP contribution is 2.26. The monoisotopic (exact) mass is 276 g/mol. The van der Waals surface area contributed by atoms with Crippen molar-refractivity contribution in [3.05, 3.63) is 35.9 Å². The quantitative estimate of drug-likeness (QED) is 0.775. The van der Waals surface area contributed by atoms with Gasteiger partial charge >= 0.3 is 0 Å². The predicted molar refractivity (Wildman–Crippen MR) is 81.1 cm³/mol. The molecule has 0 bridgehead atoms. The molecule has 4 nitrogen and oxygen atoms in total. The molecule has 0 aromatic heterocycles. The van der Waals surface area contributed by atoms with Gasteiger partial charge in [0.15, 0.2) is 5.50 Å². The minimum atomic E-state index is 0.246. The molecule has 1 fully saturated rings. The second-order valence-corrected chi connectivity index (χ2v) is 5.79. The van der Waals surface area contributed by atoms with Gasteiger partial charge in [0.2, 0.25) is 0 Å². The maximum atomic E-state index is 4.62. The lowest BCUT2D eigenvalue weighted by Crippen LogP contribution is -2.45. The Morgan fingerprint density at radius 2 is 2.11 bits per heavy atom. The first-order chi connectivity index (χ1) is 9.38. The zero-order chi connectivity index (χ0) is 13.1. The van der Waals surface area contributed by atoms with Crippen LogP contribution in [0.4, 0.5) is 0 Å². The summed E-state index contributed by atoms with van der Waals surface area (Å²) in [6.45, 7) is 2.01. The van der Waals surface area contributed by atoms with Gasteiger partial charge in [-0.15, -0.1) is 0 Å². The third kappa shape index (κ3) is 3.11. The van der Waals surface area contributed by atoms with E-state index in [2.05, 4.69) is 44.2 Å². The zero-order valence-corrected chi connectivity index (χ0v) is 12.0. The van der Waals surface area contributed by atoms with Crippen LogP contribution >= 0.6 is 11.9 Å². The highest BCUT2D eigenvalue weighted by Gasteiger charge is 2.28. The lowest BCUT2D eigenvalue weighted by molar-refractivity contribution is 0.367. The standard InChI is InChI=1S/C14H20N4S/c1-15-14-18(10-9-16-12-7-8-12)13(17-19-14)11-5-3-2-4-6-11/h2-6,12,14-16H,7-10H2,1H3. The third-order valence-electron chi connectivity index (χ3n) is 3.44. The van der Waals surface area contributed by atoms with Gasteiger partial charge in [0.05, 0.1) is 0 Å². The molecule has 1 heterocycles. The van der Waals surface area contributed by atoms with Gasteiger partial charge in [0, 0.05) is 36.6 Å². The Morgan fingerprint density at radius 1 is 1.32 bits per heavy atom.